The van der Waals surface area contributed by atoms with Gasteiger partial charge in [0, 0.05) is 13.1 Å². The highest BCUT2D eigenvalue weighted by Crippen LogP contribution is 2.24. The van der Waals surface area contributed by atoms with Crippen molar-refractivity contribution in [3.8, 4) is 5.75 Å². The molecule has 1 saturated heterocycles. The summed E-state index contributed by atoms with van der Waals surface area (Å²) in [7, 11) is -1.73. The van der Waals surface area contributed by atoms with Gasteiger partial charge < -0.3 is 15.3 Å². The van der Waals surface area contributed by atoms with Crippen LogP contribution in [-0.4, -0.2) is 54.8 Å². The number of benzene rings is 1. The molecule has 22 heavy (non-hydrogen) atoms. The molecule has 1 heterocycles. The van der Waals surface area contributed by atoms with Crippen LogP contribution >= 0.6 is 0 Å². The fraction of sp³-hybridized carbons (Fsp3) is 0.429. The maximum atomic E-state index is 12.1. The van der Waals surface area contributed by atoms with Gasteiger partial charge >= 0.3 is 11.8 Å². The normalized spacial score (nSPS) is 19.6. The maximum absolute atomic E-state index is 12.1. The van der Waals surface area contributed by atoms with Crippen LogP contribution in [-0.2, 0) is 19.4 Å². The second kappa shape index (κ2) is 5.96. The van der Waals surface area contributed by atoms with Crippen LogP contribution in [0.1, 0.15) is 12.0 Å². The number of phenolic OH excluding ortho intramolecular Hbond substituents is 1. The zero-order valence-electron chi connectivity index (χ0n) is 12.4. The molecule has 120 valence electrons. The number of rotatable bonds is 2. The number of aryl methyl sites for hydroxylation is 1. The second-order valence-electron chi connectivity index (χ2n) is 5.45. The van der Waals surface area contributed by atoms with Gasteiger partial charge in [-0.3, -0.25) is 9.59 Å². The van der Waals surface area contributed by atoms with Crippen LogP contribution in [0.5, 0.6) is 5.75 Å². The fourth-order valence-electron chi connectivity index (χ4n) is 2.33. The van der Waals surface area contributed by atoms with Gasteiger partial charge in [0.05, 0.1) is 17.2 Å². The van der Waals surface area contributed by atoms with E-state index in [2.05, 4.69) is 5.32 Å². The van der Waals surface area contributed by atoms with Crippen molar-refractivity contribution in [2.45, 2.75) is 19.4 Å². The zero-order chi connectivity index (χ0) is 16.5. The predicted molar refractivity (Wildman–Crippen MR) is 81.3 cm³/mol. The standard InChI is InChI=1S/C14H18N2O5S/c1-9-3-4-11(12(17)7-9)15-13(18)14(19)16(2)10-5-6-22(20,21)8-10/h3-4,7,10,17H,5-6,8H2,1-2H3,(H,15,18). The highest BCUT2D eigenvalue weighted by molar-refractivity contribution is 7.91. The average molecular weight is 326 g/mol. The van der Waals surface area contributed by atoms with Gasteiger partial charge in [-0.2, -0.15) is 0 Å². The van der Waals surface area contributed by atoms with E-state index in [0.29, 0.717) is 6.42 Å². The minimum absolute atomic E-state index is 0.0235. The monoisotopic (exact) mass is 326 g/mol. The van der Waals surface area contributed by atoms with Crippen LogP contribution in [0.4, 0.5) is 5.69 Å². The largest absolute Gasteiger partial charge is 0.506 e. The molecule has 1 aliphatic heterocycles. The summed E-state index contributed by atoms with van der Waals surface area (Å²) in [5, 5.41) is 12.1. The van der Waals surface area contributed by atoms with E-state index in [1.54, 1.807) is 13.0 Å². The third kappa shape index (κ3) is 3.56. The summed E-state index contributed by atoms with van der Waals surface area (Å²) in [6.07, 6.45) is 0.327. The lowest BCUT2D eigenvalue weighted by Crippen LogP contribution is -2.43. The van der Waals surface area contributed by atoms with Crippen molar-refractivity contribution in [1.82, 2.24) is 4.90 Å². The third-order valence-electron chi connectivity index (χ3n) is 3.67. The van der Waals surface area contributed by atoms with Gasteiger partial charge in [0.1, 0.15) is 5.75 Å². The Balaban J connectivity index is 2.04. The molecular formula is C14H18N2O5S. The fourth-order valence-corrected chi connectivity index (χ4v) is 4.10. The topological polar surface area (TPSA) is 104 Å². The molecule has 0 spiro atoms. The van der Waals surface area contributed by atoms with Gasteiger partial charge in [-0.15, -0.1) is 0 Å². The molecule has 0 radical (unpaired) electrons. The van der Waals surface area contributed by atoms with Crippen molar-refractivity contribution >= 4 is 27.3 Å². The Morgan fingerprint density at radius 3 is 2.59 bits per heavy atom. The number of hydrogen-bond acceptors (Lipinski definition) is 5. The van der Waals surface area contributed by atoms with Crippen molar-refractivity contribution in [3.05, 3.63) is 23.8 Å². The molecule has 8 heteroatoms. The second-order valence-corrected chi connectivity index (χ2v) is 7.68. The van der Waals surface area contributed by atoms with Crippen molar-refractivity contribution < 1.29 is 23.1 Å². The van der Waals surface area contributed by atoms with Crippen molar-refractivity contribution in [2.24, 2.45) is 0 Å². The number of likely N-dealkylation sites (N-methyl/N-ethyl adjacent to an activating group) is 1. The molecule has 1 fully saturated rings. The molecule has 0 aromatic heterocycles. The third-order valence-corrected chi connectivity index (χ3v) is 5.42. The predicted octanol–water partition coefficient (Wildman–Crippen LogP) is 0.285. The summed E-state index contributed by atoms with van der Waals surface area (Å²) in [6.45, 7) is 1.78. The van der Waals surface area contributed by atoms with E-state index >= 15 is 0 Å². The molecule has 1 aliphatic rings. The lowest BCUT2D eigenvalue weighted by molar-refractivity contribution is -0.143. The summed E-state index contributed by atoms with van der Waals surface area (Å²) in [5.74, 6) is -1.98. The Morgan fingerprint density at radius 2 is 2.05 bits per heavy atom. The van der Waals surface area contributed by atoms with Crippen LogP contribution in [0.25, 0.3) is 0 Å². The number of amides is 2. The van der Waals surface area contributed by atoms with Gasteiger partial charge in [-0.1, -0.05) is 6.07 Å². The first-order valence-corrected chi connectivity index (χ1v) is 8.60. The van der Waals surface area contributed by atoms with Gasteiger partial charge in [-0.25, -0.2) is 8.42 Å². The van der Waals surface area contributed by atoms with Crippen molar-refractivity contribution in [2.75, 3.05) is 23.9 Å². The number of aromatic hydroxyl groups is 1. The maximum Gasteiger partial charge on any atom is 0.314 e. The molecule has 0 bridgehead atoms. The molecule has 1 unspecified atom stereocenters. The Morgan fingerprint density at radius 1 is 1.36 bits per heavy atom. The molecule has 1 aromatic carbocycles. The van der Waals surface area contributed by atoms with E-state index in [9.17, 15) is 23.1 Å². The average Bonchev–Trinajstić information content (AvgIpc) is 2.80. The Kier molecular flexibility index (Phi) is 4.41. The first-order chi connectivity index (χ1) is 10.2. The minimum atomic E-state index is -3.14. The van der Waals surface area contributed by atoms with E-state index in [0.717, 1.165) is 10.5 Å². The van der Waals surface area contributed by atoms with E-state index < -0.39 is 27.7 Å². The molecule has 2 amide bonds. The summed E-state index contributed by atoms with van der Waals surface area (Å²) in [4.78, 5) is 25.2. The highest BCUT2D eigenvalue weighted by Gasteiger charge is 2.34. The lowest BCUT2D eigenvalue weighted by Gasteiger charge is -2.22. The molecule has 2 N–H and O–H groups in total. The zero-order valence-corrected chi connectivity index (χ0v) is 13.2. The molecule has 0 aliphatic carbocycles. The minimum Gasteiger partial charge on any atom is -0.506 e. The number of nitrogens with zero attached hydrogens (tertiary/aromatic N) is 1. The number of carbonyl (C=O) groups is 2. The summed E-state index contributed by atoms with van der Waals surface area (Å²) in [6, 6.07) is 4.16. The molecule has 0 saturated carbocycles. The van der Waals surface area contributed by atoms with Crippen LogP contribution in [0.15, 0.2) is 18.2 Å². The van der Waals surface area contributed by atoms with E-state index in [4.69, 9.17) is 0 Å². The first-order valence-electron chi connectivity index (χ1n) is 6.78. The summed E-state index contributed by atoms with van der Waals surface area (Å²) >= 11 is 0. The van der Waals surface area contributed by atoms with Crippen LogP contribution in [0.3, 0.4) is 0 Å². The smallest absolute Gasteiger partial charge is 0.314 e. The van der Waals surface area contributed by atoms with Gasteiger partial charge in [-0.05, 0) is 31.0 Å². The number of phenols is 1. The van der Waals surface area contributed by atoms with Gasteiger partial charge in [0.2, 0.25) is 0 Å². The van der Waals surface area contributed by atoms with E-state index in [1.165, 1.54) is 19.2 Å². The Bertz CT molecular complexity index is 714. The number of hydrogen-bond donors (Lipinski definition) is 2. The molecule has 7 nitrogen and oxygen atoms in total. The quantitative estimate of drug-likeness (QED) is 0.600. The summed E-state index contributed by atoms with van der Waals surface area (Å²) < 4.78 is 22.9. The number of sulfone groups is 1. The number of anilines is 1. The SMILES string of the molecule is Cc1ccc(NC(=O)C(=O)N(C)C2CCS(=O)(=O)C2)c(O)c1. The van der Waals surface area contributed by atoms with Gasteiger partial charge in [0.25, 0.3) is 0 Å². The Labute approximate surface area is 128 Å². The first kappa shape index (κ1) is 16.3. The molecule has 2 rings (SSSR count). The van der Waals surface area contributed by atoms with E-state index in [-0.39, 0.29) is 22.9 Å². The van der Waals surface area contributed by atoms with Crippen LogP contribution in [0.2, 0.25) is 0 Å². The highest BCUT2D eigenvalue weighted by atomic mass is 32.2. The lowest BCUT2D eigenvalue weighted by atomic mass is 10.2. The molecular weight excluding hydrogens is 308 g/mol. The van der Waals surface area contributed by atoms with E-state index in [1.807, 2.05) is 0 Å². The molecule has 1 aromatic rings. The Hall–Kier alpha value is -2.09. The summed E-state index contributed by atoms with van der Waals surface area (Å²) in [5.41, 5.74) is 0.950. The van der Waals surface area contributed by atoms with Crippen molar-refractivity contribution in [3.63, 3.8) is 0 Å². The van der Waals surface area contributed by atoms with Crippen LogP contribution < -0.4 is 5.32 Å². The number of nitrogens with one attached hydrogen (secondary N) is 1. The van der Waals surface area contributed by atoms with Crippen LogP contribution in [0, 0.1) is 6.92 Å². The van der Waals surface area contributed by atoms with Gasteiger partial charge in [0.15, 0.2) is 9.84 Å². The molecule has 1 atom stereocenters. The number of carbonyl (C=O) groups excluding carboxylic acids is 2. The van der Waals surface area contributed by atoms with Crippen molar-refractivity contribution in [1.29, 1.82) is 0 Å².